The number of anilines is 1. The van der Waals surface area contributed by atoms with E-state index in [2.05, 4.69) is 10.0 Å². The highest BCUT2D eigenvalue weighted by molar-refractivity contribution is 7.92. The van der Waals surface area contributed by atoms with E-state index in [1.807, 2.05) is 26.0 Å². The van der Waals surface area contributed by atoms with E-state index in [0.717, 1.165) is 29.4 Å². The second-order valence-electron chi connectivity index (χ2n) is 8.38. The van der Waals surface area contributed by atoms with Gasteiger partial charge in [0.25, 0.3) is 15.9 Å². The lowest BCUT2D eigenvalue weighted by atomic mass is 10.1. The van der Waals surface area contributed by atoms with E-state index >= 15 is 0 Å². The second-order valence-corrected chi connectivity index (χ2v) is 10.1. The molecule has 1 aliphatic heterocycles. The van der Waals surface area contributed by atoms with E-state index in [4.69, 9.17) is 9.47 Å². The largest absolute Gasteiger partial charge is 0.494 e. The molecule has 0 fully saturated rings. The molecule has 1 amide bonds. The van der Waals surface area contributed by atoms with E-state index in [1.54, 1.807) is 13.0 Å². The van der Waals surface area contributed by atoms with E-state index in [0.29, 0.717) is 17.9 Å². The molecule has 4 rings (SSSR count). The molecular weight excluding hydrogens is 471 g/mol. The van der Waals surface area contributed by atoms with Crippen molar-refractivity contribution in [1.82, 2.24) is 5.32 Å². The highest BCUT2D eigenvalue weighted by Gasteiger charge is 2.23. The highest BCUT2D eigenvalue weighted by Crippen LogP contribution is 2.35. The van der Waals surface area contributed by atoms with Gasteiger partial charge < -0.3 is 14.8 Å². The summed E-state index contributed by atoms with van der Waals surface area (Å²) in [4.78, 5) is 12.9. The number of ether oxygens (including phenoxy) is 2. The third kappa shape index (κ3) is 5.40. The number of para-hydroxylation sites is 1. The van der Waals surface area contributed by atoms with Crippen LogP contribution in [0, 0.1) is 12.7 Å². The van der Waals surface area contributed by atoms with E-state index in [1.165, 1.54) is 30.3 Å². The van der Waals surface area contributed by atoms with Gasteiger partial charge in [0.1, 0.15) is 23.4 Å². The van der Waals surface area contributed by atoms with Crippen LogP contribution >= 0.6 is 0 Å². The standard InChI is InChI=1S/C26H27FN2O5S/c1-4-33-24-12-18-11-17(3)34-25(18)13-19(24)15-28-26(30)21-14-20(10-9-16(21)2)35(31,32)29-23-8-6-5-7-22(23)27/h5-10,12-14,17,29H,4,11,15H2,1-3H3,(H,28,30). The van der Waals surface area contributed by atoms with Gasteiger partial charge in [-0.3, -0.25) is 9.52 Å². The summed E-state index contributed by atoms with van der Waals surface area (Å²) in [6.45, 7) is 6.24. The van der Waals surface area contributed by atoms with Crippen LogP contribution in [0.5, 0.6) is 11.5 Å². The first kappa shape index (κ1) is 24.5. The molecule has 3 aromatic rings. The molecule has 3 aromatic carbocycles. The fourth-order valence-corrected chi connectivity index (χ4v) is 5.03. The summed E-state index contributed by atoms with van der Waals surface area (Å²) in [5.74, 6) is 0.307. The zero-order valence-corrected chi connectivity index (χ0v) is 20.5. The minimum atomic E-state index is -4.11. The number of sulfonamides is 1. The minimum Gasteiger partial charge on any atom is -0.494 e. The first-order valence-corrected chi connectivity index (χ1v) is 12.8. The monoisotopic (exact) mass is 498 g/mol. The van der Waals surface area contributed by atoms with Crippen molar-refractivity contribution in [2.45, 2.75) is 44.7 Å². The molecular formula is C26H27FN2O5S. The van der Waals surface area contributed by atoms with Gasteiger partial charge in [-0.15, -0.1) is 0 Å². The molecule has 0 bridgehead atoms. The van der Waals surface area contributed by atoms with E-state index in [-0.39, 0.29) is 28.8 Å². The summed E-state index contributed by atoms with van der Waals surface area (Å²) in [7, 11) is -4.11. The van der Waals surface area contributed by atoms with Crippen molar-refractivity contribution >= 4 is 21.6 Å². The molecule has 1 heterocycles. The van der Waals surface area contributed by atoms with Crippen molar-refractivity contribution in [2.75, 3.05) is 11.3 Å². The average molecular weight is 499 g/mol. The quantitative estimate of drug-likeness (QED) is 0.474. The van der Waals surface area contributed by atoms with Gasteiger partial charge in [0, 0.05) is 29.7 Å². The SMILES string of the molecule is CCOc1cc2c(cc1CNC(=O)c1cc(S(=O)(=O)Nc3ccccc3F)ccc1C)OC(C)C2. The number of halogens is 1. The fourth-order valence-electron chi connectivity index (χ4n) is 3.94. The predicted octanol–water partition coefficient (Wildman–Crippen LogP) is 4.59. The smallest absolute Gasteiger partial charge is 0.262 e. The molecule has 184 valence electrons. The van der Waals surface area contributed by atoms with Crippen LogP contribution in [-0.4, -0.2) is 27.0 Å². The van der Waals surface area contributed by atoms with Crippen molar-refractivity contribution < 1.29 is 27.1 Å². The van der Waals surface area contributed by atoms with Crippen LogP contribution in [0.15, 0.2) is 59.5 Å². The molecule has 0 aromatic heterocycles. The van der Waals surface area contributed by atoms with E-state index in [9.17, 15) is 17.6 Å². The van der Waals surface area contributed by atoms with Gasteiger partial charge in [0.15, 0.2) is 0 Å². The number of carbonyl (C=O) groups is 1. The van der Waals surface area contributed by atoms with Crippen LogP contribution < -0.4 is 19.5 Å². The molecule has 2 N–H and O–H groups in total. The average Bonchev–Trinajstić information content (AvgIpc) is 3.17. The molecule has 0 saturated heterocycles. The Morgan fingerprint density at radius 2 is 1.94 bits per heavy atom. The summed E-state index contributed by atoms with van der Waals surface area (Å²) in [5, 5.41) is 2.85. The van der Waals surface area contributed by atoms with Gasteiger partial charge in [-0.2, -0.15) is 0 Å². The summed E-state index contributed by atoms with van der Waals surface area (Å²) >= 11 is 0. The molecule has 1 unspecified atom stereocenters. The first-order chi connectivity index (χ1) is 16.7. The number of nitrogens with one attached hydrogen (secondary N) is 2. The van der Waals surface area contributed by atoms with Crippen LogP contribution in [0.25, 0.3) is 0 Å². The highest BCUT2D eigenvalue weighted by atomic mass is 32.2. The predicted molar refractivity (Wildman–Crippen MR) is 131 cm³/mol. The van der Waals surface area contributed by atoms with Gasteiger partial charge in [0.2, 0.25) is 0 Å². The first-order valence-electron chi connectivity index (χ1n) is 11.3. The number of benzene rings is 3. The summed E-state index contributed by atoms with van der Waals surface area (Å²) < 4.78 is 53.4. The fraction of sp³-hybridized carbons (Fsp3) is 0.269. The lowest BCUT2D eigenvalue weighted by Crippen LogP contribution is -2.24. The molecule has 0 aliphatic carbocycles. The maximum Gasteiger partial charge on any atom is 0.262 e. The van der Waals surface area contributed by atoms with Gasteiger partial charge in [-0.05, 0) is 62.7 Å². The van der Waals surface area contributed by atoms with Crippen LogP contribution in [0.4, 0.5) is 10.1 Å². The Bertz CT molecular complexity index is 1370. The maximum absolute atomic E-state index is 14.0. The topological polar surface area (TPSA) is 93.7 Å². The Kier molecular flexibility index (Phi) is 6.98. The number of carbonyl (C=O) groups excluding carboxylic acids is 1. The van der Waals surface area contributed by atoms with E-state index < -0.39 is 21.7 Å². The second kappa shape index (κ2) is 9.95. The third-order valence-corrected chi connectivity index (χ3v) is 7.06. The normalized spacial score (nSPS) is 14.7. The van der Waals surface area contributed by atoms with Gasteiger partial charge in [-0.1, -0.05) is 18.2 Å². The Morgan fingerprint density at radius 3 is 2.69 bits per heavy atom. The summed E-state index contributed by atoms with van der Waals surface area (Å²) in [6.07, 6.45) is 0.873. The molecule has 0 radical (unpaired) electrons. The number of hydrogen-bond acceptors (Lipinski definition) is 5. The molecule has 1 aliphatic rings. The van der Waals surface area contributed by atoms with Crippen LogP contribution in [0.3, 0.4) is 0 Å². The molecule has 0 spiro atoms. The Morgan fingerprint density at radius 1 is 1.17 bits per heavy atom. The maximum atomic E-state index is 14.0. The lowest BCUT2D eigenvalue weighted by Gasteiger charge is -2.15. The van der Waals surface area contributed by atoms with Crippen molar-refractivity contribution in [3.63, 3.8) is 0 Å². The van der Waals surface area contributed by atoms with Gasteiger partial charge in [0.05, 0.1) is 17.2 Å². The Balaban J connectivity index is 1.54. The van der Waals surface area contributed by atoms with Crippen LogP contribution in [0.1, 0.15) is 40.9 Å². The minimum absolute atomic E-state index is 0.0784. The molecule has 1 atom stereocenters. The summed E-state index contributed by atoms with van der Waals surface area (Å²) in [5.41, 5.74) is 2.45. The number of rotatable bonds is 8. The van der Waals surface area contributed by atoms with Crippen molar-refractivity contribution in [1.29, 1.82) is 0 Å². The third-order valence-electron chi connectivity index (χ3n) is 5.70. The van der Waals surface area contributed by atoms with Gasteiger partial charge in [-0.25, -0.2) is 12.8 Å². The van der Waals surface area contributed by atoms with Crippen LogP contribution in [0.2, 0.25) is 0 Å². The lowest BCUT2D eigenvalue weighted by molar-refractivity contribution is 0.0949. The molecule has 9 heteroatoms. The Labute approximate surface area is 204 Å². The molecule has 0 saturated carbocycles. The number of amides is 1. The Hall–Kier alpha value is -3.59. The van der Waals surface area contributed by atoms with Crippen molar-refractivity contribution in [2.24, 2.45) is 0 Å². The summed E-state index contributed by atoms with van der Waals surface area (Å²) in [6, 6.07) is 13.5. The van der Waals surface area contributed by atoms with Crippen molar-refractivity contribution in [3.05, 3.63) is 82.7 Å². The number of fused-ring (bicyclic) bond motifs is 1. The number of aryl methyl sites for hydroxylation is 1. The van der Waals surface area contributed by atoms with Gasteiger partial charge >= 0.3 is 0 Å². The zero-order valence-electron chi connectivity index (χ0n) is 19.7. The van der Waals surface area contributed by atoms with Crippen molar-refractivity contribution in [3.8, 4) is 11.5 Å². The molecule has 35 heavy (non-hydrogen) atoms. The van der Waals surface area contributed by atoms with Crippen LogP contribution in [-0.2, 0) is 23.0 Å². The molecule has 7 nitrogen and oxygen atoms in total. The number of hydrogen-bond donors (Lipinski definition) is 2. The zero-order chi connectivity index (χ0) is 25.2.